The van der Waals surface area contributed by atoms with Gasteiger partial charge >= 0.3 is 0 Å². The van der Waals surface area contributed by atoms with Gasteiger partial charge in [-0.05, 0) is 24.3 Å². The van der Waals surface area contributed by atoms with Crippen LogP contribution in [-0.4, -0.2) is 22.2 Å². The molecule has 2 N–H and O–H groups in total. The highest BCUT2D eigenvalue weighted by Gasteiger charge is 2.16. The summed E-state index contributed by atoms with van der Waals surface area (Å²) >= 11 is 5.94. The molecule has 106 valence electrons. The van der Waals surface area contributed by atoms with Crippen LogP contribution in [0.3, 0.4) is 0 Å². The SMILES string of the molecule is COc1cc(Cl)ccc1-c1noc(-c2ccncc2N)n1. The monoisotopic (exact) mass is 302 g/mol. The van der Waals surface area contributed by atoms with E-state index in [-0.39, 0.29) is 0 Å². The summed E-state index contributed by atoms with van der Waals surface area (Å²) in [4.78, 5) is 8.26. The standard InChI is InChI=1S/C14H11ClN4O2/c1-20-12-6-8(15)2-3-10(12)13-18-14(21-19-13)9-4-5-17-7-11(9)16/h2-7H,16H2,1H3. The Bertz CT molecular complexity index is 788. The van der Waals surface area contributed by atoms with E-state index in [0.29, 0.717) is 39.3 Å². The van der Waals surface area contributed by atoms with Crippen molar-refractivity contribution in [2.75, 3.05) is 12.8 Å². The van der Waals surface area contributed by atoms with E-state index in [0.717, 1.165) is 0 Å². The molecule has 0 spiro atoms. The second kappa shape index (κ2) is 5.41. The van der Waals surface area contributed by atoms with Gasteiger partial charge in [-0.1, -0.05) is 16.8 Å². The van der Waals surface area contributed by atoms with Crippen LogP contribution in [-0.2, 0) is 0 Å². The molecule has 0 fully saturated rings. The smallest absolute Gasteiger partial charge is 0.260 e. The summed E-state index contributed by atoms with van der Waals surface area (Å²) in [5.74, 6) is 1.29. The number of hydrogen-bond acceptors (Lipinski definition) is 6. The molecule has 3 rings (SSSR count). The zero-order valence-corrected chi connectivity index (χ0v) is 11.8. The summed E-state index contributed by atoms with van der Waals surface area (Å²) in [6.45, 7) is 0. The maximum Gasteiger partial charge on any atom is 0.260 e. The van der Waals surface area contributed by atoms with Gasteiger partial charge < -0.3 is 15.0 Å². The van der Waals surface area contributed by atoms with Crippen molar-refractivity contribution in [1.82, 2.24) is 15.1 Å². The Labute approximate surface area is 125 Å². The van der Waals surface area contributed by atoms with Crippen LogP contribution in [0.2, 0.25) is 5.02 Å². The van der Waals surface area contributed by atoms with Crippen LogP contribution in [0.5, 0.6) is 5.75 Å². The molecule has 21 heavy (non-hydrogen) atoms. The topological polar surface area (TPSA) is 87.1 Å². The lowest BCUT2D eigenvalue weighted by atomic mass is 10.2. The van der Waals surface area contributed by atoms with E-state index in [4.69, 9.17) is 26.6 Å². The lowest BCUT2D eigenvalue weighted by Gasteiger charge is -2.04. The Balaban J connectivity index is 2.05. The fourth-order valence-corrected chi connectivity index (χ4v) is 2.06. The number of nitrogens with two attached hydrogens (primary N) is 1. The van der Waals surface area contributed by atoms with Gasteiger partial charge in [-0.25, -0.2) is 0 Å². The summed E-state index contributed by atoms with van der Waals surface area (Å²) in [5, 5.41) is 4.52. The summed E-state index contributed by atoms with van der Waals surface area (Å²) in [7, 11) is 1.55. The maximum absolute atomic E-state index is 5.94. The first kappa shape index (κ1) is 13.4. The Morgan fingerprint density at radius 3 is 2.86 bits per heavy atom. The van der Waals surface area contributed by atoms with Gasteiger partial charge in [0.15, 0.2) is 0 Å². The fourth-order valence-electron chi connectivity index (χ4n) is 1.89. The van der Waals surface area contributed by atoms with Crippen LogP contribution < -0.4 is 10.5 Å². The number of ether oxygens (including phenoxy) is 1. The van der Waals surface area contributed by atoms with Gasteiger partial charge in [0.1, 0.15) is 5.75 Å². The summed E-state index contributed by atoms with van der Waals surface area (Å²) in [5.41, 5.74) is 7.63. The number of nitrogens with zero attached hydrogens (tertiary/aromatic N) is 3. The summed E-state index contributed by atoms with van der Waals surface area (Å²) in [6, 6.07) is 6.90. The third-order valence-electron chi connectivity index (χ3n) is 2.91. The van der Waals surface area contributed by atoms with Crippen molar-refractivity contribution in [1.29, 1.82) is 0 Å². The Hall–Kier alpha value is -2.60. The van der Waals surface area contributed by atoms with Crippen molar-refractivity contribution in [3.8, 4) is 28.6 Å². The van der Waals surface area contributed by atoms with Gasteiger partial charge in [0, 0.05) is 11.2 Å². The summed E-state index contributed by atoms with van der Waals surface area (Å²) in [6.07, 6.45) is 3.14. The minimum atomic E-state index is 0.321. The third-order valence-corrected chi connectivity index (χ3v) is 3.15. The molecule has 0 aliphatic heterocycles. The van der Waals surface area contributed by atoms with E-state index in [9.17, 15) is 0 Å². The predicted molar refractivity (Wildman–Crippen MR) is 78.9 cm³/mol. The first-order valence-electron chi connectivity index (χ1n) is 6.06. The molecule has 0 saturated carbocycles. The number of rotatable bonds is 3. The highest BCUT2D eigenvalue weighted by molar-refractivity contribution is 6.30. The molecule has 7 heteroatoms. The lowest BCUT2D eigenvalue weighted by Crippen LogP contribution is -1.91. The number of anilines is 1. The van der Waals surface area contributed by atoms with Crippen LogP contribution in [0.25, 0.3) is 22.8 Å². The second-order valence-electron chi connectivity index (χ2n) is 4.23. The Morgan fingerprint density at radius 2 is 2.10 bits per heavy atom. The fraction of sp³-hybridized carbons (Fsp3) is 0.0714. The van der Waals surface area contributed by atoms with E-state index >= 15 is 0 Å². The second-order valence-corrected chi connectivity index (χ2v) is 4.67. The zero-order chi connectivity index (χ0) is 14.8. The van der Waals surface area contributed by atoms with E-state index in [2.05, 4.69) is 15.1 Å². The number of hydrogen-bond donors (Lipinski definition) is 1. The van der Waals surface area contributed by atoms with Gasteiger partial charge in [0.25, 0.3) is 5.89 Å². The van der Waals surface area contributed by atoms with E-state index in [1.165, 1.54) is 6.20 Å². The Morgan fingerprint density at radius 1 is 1.24 bits per heavy atom. The normalized spacial score (nSPS) is 10.6. The first-order valence-corrected chi connectivity index (χ1v) is 6.44. The molecule has 0 unspecified atom stereocenters. The Kier molecular flexibility index (Phi) is 3.45. The van der Waals surface area contributed by atoms with Crippen molar-refractivity contribution < 1.29 is 9.26 Å². The minimum Gasteiger partial charge on any atom is -0.496 e. The lowest BCUT2D eigenvalue weighted by molar-refractivity contribution is 0.413. The largest absolute Gasteiger partial charge is 0.496 e. The molecule has 0 bridgehead atoms. The summed E-state index contributed by atoms with van der Waals surface area (Å²) < 4.78 is 10.5. The number of benzene rings is 1. The van der Waals surface area contributed by atoms with Crippen molar-refractivity contribution in [2.45, 2.75) is 0 Å². The molecular formula is C14H11ClN4O2. The van der Waals surface area contributed by atoms with Crippen molar-refractivity contribution >= 4 is 17.3 Å². The maximum atomic E-state index is 5.94. The molecule has 0 atom stereocenters. The number of nitrogen functional groups attached to an aromatic ring is 1. The first-order chi connectivity index (χ1) is 10.2. The van der Waals surface area contributed by atoms with Crippen molar-refractivity contribution in [2.24, 2.45) is 0 Å². The molecule has 0 aliphatic rings. The van der Waals surface area contributed by atoms with E-state index in [1.54, 1.807) is 37.6 Å². The zero-order valence-electron chi connectivity index (χ0n) is 11.1. The highest BCUT2D eigenvalue weighted by Crippen LogP contribution is 2.32. The molecule has 1 aromatic carbocycles. The van der Waals surface area contributed by atoms with Gasteiger partial charge in [0.2, 0.25) is 5.82 Å². The number of methoxy groups -OCH3 is 1. The van der Waals surface area contributed by atoms with Crippen molar-refractivity contribution in [3.63, 3.8) is 0 Å². The molecule has 0 amide bonds. The molecule has 2 aromatic heterocycles. The molecule has 0 radical (unpaired) electrons. The molecule has 3 aromatic rings. The number of pyridine rings is 1. The number of halogens is 1. The van der Waals surface area contributed by atoms with Crippen molar-refractivity contribution in [3.05, 3.63) is 41.7 Å². The van der Waals surface area contributed by atoms with E-state index in [1.807, 2.05) is 0 Å². The van der Waals surface area contributed by atoms with Gasteiger partial charge in [-0.3, -0.25) is 4.98 Å². The van der Waals surface area contributed by atoms with Crippen LogP contribution in [0.1, 0.15) is 0 Å². The van der Waals surface area contributed by atoms with Crippen LogP contribution >= 0.6 is 11.6 Å². The van der Waals surface area contributed by atoms with E-state index < -0.39 is 0 Å². The molecule has 0 aliphatic carbocycles. The number of aromatic nitrogens is 3. The molecule has 6 nitrogen and oxygen atoms in total. The van der Waals surface area contributed by atoms with Crippen LogP contribution in [0, 0.1) is 0 Å². The van der Waals surface area contributed by atoms with Crippen LogP contribution in [0.4, 0.5) is 5.69 Å². The minimum absolute atomic E-state index is 0.321. The van der Waals surface area contributed by atoms with Gasteiger partial charge in [-0.2, -0.15) is 4.98 Å². The highest BCUT2D eigenvalue weighted by atomic mass is 35.5. The molecule has 0 saturated heterocycles. The predicted octanol–water partition coefficient (Wildman–Crippen LogP) is 3.04. The average Bonchev–Trinajstić information content (AvgIpc) is 2.97. The quantitative estimate of drug-likeness (QED) is 0.800. The average molecular weight is 303 g/mol. The van der Waals surface area contributed by atoms with Crippen LogP contribution in [0.15, 0.2) is 41.2 Å². The molecule has 2 heterocycles. The van der Waals surface area contributed by atoms with Gasteiger partial charge in [-0.15, -0.1) is 0 Å². The third kappa shape index (κ3) is 2.53. The molecular weight excluding hydrogens is 292 g/mol. The van der Waals surface area contributed by atoms with Gasteiger partial charge in [0.05, 0.1) is 30.1 Å².